The standard InChI is InChI=1S/C12H15NOS.ClH/c1-2-14-11-8-12-10(4-6-15-12)7-9(11)3-5-13;/h4,6-8H,2-3,5,13H2,1H3;1H. The number of rotatable bonds is 4. The molecule has 0 aliphatic heterocycles. The molecule has 0 aliphatic rings. The highest BCUT2D eigenvalue weighted by Crippen LogP contribution is 2.29. The van der Waals surface area contributed by atoms with Crippen LogP contribution in [-0.4, -0.2) is 13.2 Å². The largest absolute Gasteiger partial charge is 0.494 e. The lowest BCUT2D eigenvalue weighted by atomic mass is 10.1. The van der Waals surface area contributed by atoms with E-state index < -0.39 is 0 Å². The number of fused-ring (bicyclic) bond motifs is 1. The highest BCUT2D eigenvalue weighted by molar-refractivity contribution is 7.17. The number of hydrogen-bond donors (Lipinski definition) is 1. The molecule has 0 atom stereocenters. The van der Waals surface area contributed by atoms with Gasteiger partial charge in [-0.05, 0) is 54.4 Å². The van der Waals surface area contributed by atoms with Crippen LogP contribution in [0.1, 0.15) is 12.5 Å². The van der Waals surface area contributed by atoms with E-state index in [2.05, 4.69) is 23.6 Å². The van der Waals surface area contributed by atoms with Crippen LogP contribution in [0.25, 0.3) is 10.1 Å². The van der Waals surface area contributed by atoms with Gasteiger partial charge in [0.2, 0.25) is 0 Å². The molecule has 0 bridgehead atoms. The molecule has 1 aromatic heterocycles. The molecule has 0 spiro atoms. The van der Waals surface area contributed by atoms with Crippen molar-refractivity contribution in [2.75, 3.05) is 13.2 Å². The number of benzene rings is 1. The third-order valence-corrected chi connectivity index (χ3v) is 3.23. The summed E-state index contributed by atoms with van der Waals surface area (Å²) in [6.07, 6.45) is 0.876. The molecule has 0 radical (unpaired) electrons. The summed E-state index contributed by atoms with van der Waals surface area (Å²) in [5, 5.41) is 3.39. The molecule has 1 heterocycles. The van der Waals surface area contributed by atoms with Gasteiger partial charge in [-0.15, -0.1) is 23.7 Å². The van der Waals surface area contributed by atoms with Gasteiger partial charge in [-0.2, -0.15) is 0 Å². The zero-order valence-corrected chi connectivity index (χ0v) is 10.9. The Bertz CT molecular complexity index is 415. The number of hydrogen-bond acceptors (Lipinski definition) is 3. The van der Waals surface area contributed by atoms with E-state index in [1.807, 2.05) is 6.92 Å². The molecule has 2 rings (SSSR count). The molecule has 2 aromatic rings. The first-order valence-corrected chi connectivity index (χ1v) is 6.06. The summed E-state index contributed by atoms with van der Waals surface area (Å²) < 4.78 is 6.90. The van der Waals surface area contributed by atoms with E-state index in [-0.39, 0.29) is 12.4 Å². The Morgan fingerprint density at radius 3 is 2.88 bits per heavy atom. The first-order valence-electron chi connectivity index (χ1n) is 5.18. The Hall–Kier alpha value is -0.770. The fourth-order valence-electron chi connectivity index (χ4n) is 1.68. The van der Waals surface area contributed by atoms with E-state index in [4.69, 9.17) is 10.5 Å². The van der Waals surface area contributed by atoms with E-state index in [0.717, 1.165) is 12.2 Å². The predicted molar refractivity (Wildman–Crippen MR) is 73.0 cm³/mol. The molecular formula is C12H16ClNOS. The van der Waals surface area contributed by atoms with Gasteiger partial charge in [0.1, 0.15) is 5.75 Å². The summed E-state index contributed by atoms with van der Waals surface area (Å²) in [6, 6.07) is 6.44. The Balaban J connectivity index is 0.00000128. The molecule has 4 heteroatoms. The zero-order valence-electron chi connectivity index (χ0n) is 9.23. The Morgan fingerprint density at radius 1 is 1.38 bits per heavy atom. The second-order valence-corrected chi connectivity index (χ2v) is 4.34. The number of ether oxygens (including phenoxy) is 1. The Kier molecular flexibility index (Phi) is 5.06. The van der Waals surface area contributed by atoms with Crippen molar-refractivity contribution in [3.05, 3.63) is 29.1 Å². The van der Waals surface area contributed by atoms with E-state index in [1.165, 1.54) is 15.6 Å². The molecule has 0 amide bonds. The van der Waals surface area contributed by atoms with Crippen LogP contribution in [0.4, 0.5) is 0 Å². The number of thiophene rings is 1. The highest BCUT2D eigenvalue weighted by Gasteiger charge is 2.06. The third kappa shape index (κ3) is 2.67. The molecule has 0 saturated carbocycles. The second-order valence-electron chi connectivity index (χ2n) is 3.39. The smallest absolute Gasteiger partial charge is 0.123 e. The van der Waals surface area contributed by atoms with Crippen molar-refractivity contribution in [1.29, 1.82) is 0 Å². The summed E-state index contributed by atoms with van der Waals surface area (Å²) >= 11 is 1.74. The molecule has 2 N–H and O–H groups in total. The van der Waals surface area contributed by atoms with Gasteiger partial charge in [0.05, 0.1) is 6.61 Å². The van der Waals surface area contributed by atoms with Gasteiger partial charge in [-0.1, -0.05) is 0 Å². The van der Waals surface area contributed by atoms with Crippen molar-refractivity contribution in [2.24, 2.45) is 5.73 Å². The van der Waals surface area contributed by atoms with Crippen LogP contribution in [0, 0.1) is 0 Å². The van der Waals surface area contributed by atoms with Crippen LogP contribution in [0.3, 0.4) is 0 Å². The highest BCUT2D eigenvalue weighted by atomic mass is 35.5. The van der Waals surface area contributed by atoms with E-state index in [0.29, 0.717) is 13.2 Å². The van der Waals surface area contributed by atoms with Gasteiger partial charge >= 0.3 is 0 Å². The summed E-state index contributed by atoms with van der Waals surface area (Å²) in [5.74, 6) is 0.984. The minimum Gasteiger partial charge on any atom is -0.494 e. The first-order chi connectivity index (χ1) is 7.35. The van der Waals surface area contributed by atoms with Gasteiger partial charge in [0.15, 0.2) is 0 Å². The summed E-state index contributed by atoms with van der Waals surface area (Å²) in [5.41, 5.74) is 6.81. The van der Waals surface area contributed by atoms with Gasteiger partial charge < -0.3 is 10.5 Å². The average Bonchev–Trinajstić information content (AvgIpc) is 2.66. The zero-order chi connectivity index (χ0) is 10.7. The van der Waals surface area contributed by atoms with E-state index in [9.17, 15) is 0 Å². The van der Waals surface area contributed by atoms with Crippen molar-refractivity contribution in [3.63, 3.8) is 0 Å². The van der Waals surface area contributed by atoms with Crippen LogP contribution < -0.4 is 10.5 Å². The summed E-state index contributed by atoms with van der Waals surface area (Å²) in [6.45, 7) is 3.37. The van der Waals surface area contributed by atoms with Crippen LogP contribution in [0.5, 0.6) is 5.75 Å². The lowest BCUT2D eigenvalue weighted by Crippen LogP contribution is -2.05. The topological polar surface area (TPSA) is 35.2 Å². The minimum atomic E-state index is 0. The second kappa shape index (κ2) is 6.09. The van der Waals surface area contributed by atoms with Crippen LogP contribution in [-0.2, 0) is 6.42 Å². The molecular weight excluding hydrogens is 242 g/mol. The van der Waals surface area contributed by atoms with Crippen LogP contribution in [0.15, 0.2) is 23.6 Å². The summed E-state index contributed by atoms with van der Waals surface area (Å²) in [7, 11) is 0. The molecule has 2 nitrogen and oxygen atoms in total. The average molecular weight is 258 g/mol. The third-order valence-electron chi connectivity index (χ3n) is 2.35. The SMILES string of the molecule is CCOc1cc2sccc2cc1CCN.Cl. The van der Waals surface area contributed by atoms with E-state index in [1.54, 1.807) is 11.3 Å². The maximum absolute atomic E-state index is 5.62. The summed E-state index contributed by atoms with van der Waals surface area (Å²) in [4.78, 5) is 0. The van der Waals surface area contributed by atoms with Crippen molar-refractivity contribution in [2.45, 2.75) is 13.3 Å². The number of nitrogens with two attached hydrogens (primary N) is 1. The molecule has 88 valence electrons. The maximum Gasteiger partial charge on any atom is 0.123 e. The molecule has 1 aromatic carbocycles. The van der Waals surface area contributed by atoms with E-state index >= 15 is 0 Å². The first kappa shape index (κ1) is 13.3. The molecule has 0 saturated heterocycles. The molecule has 0 aliphatic carbocycles. The van der Waals surface area contributed by atoms with Crippen molar-refractivity contribution < 1.29 is 4.74 Å². The Labute approximate surface area is 106 Å². The predicted octanol–water partition coefficient (Wildman–Crippen LogP) is 3.22. The molecule has 0 fully saturated rings. The fourth-order valence-corrected chi connectivity index (χ4v) is 2.48. The monoisotopic (exact) mass is 257 g/mol. The molecule has 16 heavy (non-hydrogen) atoms. The van der Waals surface area contributed by atoms with Gasteiger partial charge in [-0.25, -0.2) is 0 Å². The van der Waals surface area contributed by atoms with Crippen molar-refractivity contribution in [1.82, 2.24) is 0 Å². The quantitative estimate of drug-likeness (QED) is 0.913. The van der Waals surface area contributed by atoms with Crippen LogP contribution in [0.2, 0.25) is 0 Å². The van der Waals surface area contributed by atoms with Gasteiger partial charge in [-0.3, -0.25) is 0 Å². The van der Waals surface area contributed by atoms with Crippen LogP contribution >= 0.6 is 23.7 Å². The van der Waals surface area contributed by atoms with Gasteiger partial charge in [0, 0.05) is 4.70 Å². The lowest BCUT2D eigenvalue weighted by Gasteiger charge is -2.09. The normalized spacial score (nSPS) is 10.1. The van der Waals surface area contributed by atoms with Gasteiger partial charge in [0.25, 0.3) is 0 Å². The fraction of sp³-hybridized carbons (Fsp3) is 0.333. The lowest BCUT2D eigenvalue weighted by molar-refractivity contribution is 0.337. The Morgan fingerprint density at radius 2 is 2.19 bits per heavy atom. The number of halogens is 1. The van der Waals surface area contributed by atoms with Crippen molar-refractivity contribution in [3.8, 4) is 5.75 Å². The maximum atomic E-state index is 5.62. The van der Waals surface area contributed by atoms with Crippen molar-refractivity contribution >= 4 is 33.8 Å². The molecule has 0 unspecified atom stereocenters. The minimum absolute atomic E-state index is 0.